The van der Waals surface area contributed by atoms with Crippen LogP contribution in [0, 0.1) is 56.7 Å². The molecular weight excluding hydrogens is 472 g/mol. The Bertz CT molecular complexity index is 998. The first-order valence-electron chi connectivity index (χ1n) is 15.6. The van der Waals surface area contributed by atoms with Crippen molar-refractivity contribution in [1.29, 1.82) is 0 Å². The summed E-state index contributed by atoms with van der Waals surface area (Å²) in [6, 6.07) is 0. The molecule has 4 heteroatoms. The number of hydrogen-bond donors (Lipinski definition) is 0. The van der Waals surface area contributed by atoms with Crippen LogP contribution in [0.3, 0.4) is 0 Å². The molecule has 5 fully saturated rings. The number of esters is 2. The van der Waals surface area contributed by atoms with Gasteiger partial charge in [-0.15, -0.1) is 0 Å². The second-order valence-corrected chi connectivity index (χ2v) is 15.8. The smallest absolute Gasteiger partial charge is 0.302 e. The molecule has 0 saturated heterocycles. The maximum absolute atomic E-state index is 11.9. The number of carbonyl (C=O) groups excluding carboxylic acids is 2. The average molecular weight is 527 g/mol. The quantitative estimate of drug-likeness (QED) is 0.274. The molecule has 0 aliphatic heterocycles. The molecule has 0 aromatic heterocycles. The Balaban J connectivity index is 1.49. The van der Waals surface area contributed by atoms with Gasteiger partial charge in [0.05, 0.1) is 6.61 Å². The predicted octanol–water partition coefficient (Wildman–Crippen LogP) is 8.14. The molecule has 214 valence electrons. The van der Waals surface area contributed by atoms with Gasteiger partial charge in [0.1, 0.15) is 6.10 Å². The molecule has 0 aromatic carbocycles. The normalized spacial score (nSPS) is 49.1. The van der Waals surface area contributed by atoms with E-state index >= 15 is 0 Å². The van der Waals surface area contributed by atoms with Crippen LogP contribution in [0.2, 0.25) is 0 Å². The Labute approximate surface area is 232 Å². The fourth-order valence-corrected chi connectivity index (χ4v) is 12.2. The van der Waals surface area contributed by atoms with Crippen LogP contribution in [-0.4, -0.2) is 24.6 Å². The van der Waals surface area contributed by atoms with Crippen LogP contribution in [-0.2, 0) is 19.1 Å². The number of carbonyl (C=O) groups is 2. The van der Waals surface area contributed by atoms with E-state index in [1.807, 2.05) is 0 Å². The van der Waals surface area contributed by atoms with E-state index in [4.69, 9.17) is 9.47 Å². The molecule has 0 bridgehead atoms. The summed E-state index contributed by atoms with van der Waals surface area (Å²) in [5.74, 6) is 2.76. The number of fused-ring (bicyclic) bond motifs is 7. The highest BCUT2D eigenvalue weighted by atomic mass is 16.5. The first-order chi connectivity index (χ1) is 17.6. The minimum atomic E-state index is -0.140. The summed E-state index contributed by atoms with van der Waals surface area (Å²) in [5, 5.41) is 0. The van der Waals surface area contributed by atoms with E-state index in [0.717, 1.165) is 12.8 Å². The van der Waals surface area contributed by atoms with Crippen LogP contribution in [0.4, 0.5) is 0 Å². The van der Waals surface area contributed by atoms with Gasteiger partial charge in [-0.05, 0) is 117 Å². The number of hydrogen-bond acceptors (Lipinski definition) is 4. The van der Waals surface area contributed by atoms with E-state index in [9.17, 15) is 9.59 Å². The first-order valence-corrected chi connectivity index (χ1v) is 15.6. The van der Waals surface area contributed by atoms with Gasteiger partial charge < -0.3 is 9.47 Å². The summed E-state index contributed by atoms with van der Waals surface area (Å²) >= 11 is 0. The van der Waals surface area contributed by atoms with E-state index in [-0.39, 0.29) is 39.7 Å². The molecule has 0 spiro atoms. The predicted molar refractivity (Wildman–Crippen MR) is 151 cm³/mol. The Morgan fingerprint density at radius 2 is 1.47 bits per heavy atom. The Hall–Kier alpha value is -1.32. The van der Waals surface area contributed by atoms with Crippen molar-refractivity contribution in [2.45, 2.75) is 126 Å². The third-order valence-electron chi connectivity index (χ3n) is 14.0. The van der Waals surface area contributed by atoms with E-state index < -0.39 is 0 Å². The third kappa shape index (κ3) is 3.80. The lowest BCUT2D eigenvalue weighted by molar-refractivity contribution is -0.252. The van der Waals surface area contributed by atoms with Crippen LogP contribution in [0.15, 0.2) is 12.2 Å². The van der Waals surface area contributed by atoms with Gasteiger partial charge in [0.25, 0.3) is 0 Å². The molecule has 0 N–H and O–H groups in total. The van der Waals surface area contributed by atoms with Crippen molar-refractivity contribution < 1.29 is 19.1 Å². The summed E-state index contributed by atoms with van der Waals surface area (Å²) in [6.07, 6.45) is 12.0. The van der Waals surface area contributed by atoms with Gasteiger partial charge in [-0.2, -0.15) is 0 Å². The average Bonchev–Trinajstić information content (AvgIpc) is 3.20. The highest BCUT2D eigenvalue weighted by molar-refractivity contribution is 5.66. The van der Waals surface area contributed by atoms with Crippen LogP contribution in [0.1, 0.15) is 120 Å². The second-order valence-electron chi connectivity index (χ2n) is 15.8. The summed E-state index contributed by atoms with van der Waals surface area (Å²) in [6.45, 7) is 23.1. The summed E-state index contributed by atoms with van der Waals surface area (Å²) in [4.78, 5) is 23.8. The largest absolute Gasteiger partial charge is 0.465 e. The van der Waals surface area contributed by atoms with Gasteiger partial charge in [-0.3, -0.25) is 9.59 Å². The van der Waals surface area contributed by atoms with Gasteiger partial charge in [-0.25, -0.2) is 0 Å². The lowest BCUT2D eigenvalue weighted by atomic mass is 9.32. The van der Waals surface area contributed by atoms with Crippen molar-refractivity contribution in [2.24, 2.45) is 56.7 Å². The highest BCUT2D eigenvalue weighted by Crippen LogP contribution is 2.77. The zero-order chi connectivity index (χ0) is 27.9. The molecule has 5 rings (SSSR count). The molecule has 5 saturated carbocycles. The van der Waals surface area contributed by atoms with Gasteiger partial charge in [-0.1, -0.05) is 46.8 Å². The van der Waals surface area contributed by atoms with E-state index in [0.29, 0.717) is 41.6 Å². The van der Waals surface area contributed by atoms with Crippen molar-refractivity contribution >= 4 is 11.9 Å². The van der Waals surface area contributed by atoms with E-state index in [1.54, 1.807) is 13.8 Å². The summed E-state index contributed by atoms with van der Waals surface area (Å²) in [7, 11) is 0. The first kappa shape index (κ1) is 28.2. The molecule has 4 nitrogen and oxygen atoms in total. The van der Waals surface area contributed by atoms with Crippen LogP contribution < -0.4 is 0 Å². The third-order valence-corrected chi connectivity index (χ3v) is 14.0. The Kier molecular flexibility index (Phi) is 6.76. The molecule has 10 atom stereocenters. The maximum Gasteiger partial charge on any atom is 0.302 e. The Morgan fingerprint density at radius 3 is 2.11 bits per heavy atom. The fourth-order valence-electron chi connectivity index (χ4n) is 12.2. The molecule has 0 aromatic rings. The SMILES string of the molecule is C=C(C)C1CCC2(COC(C)=O)CC[C@]3(C)[C@H](CC[C@@H]4[C@@]5(C)CCC(OC(C)=O)C(C)(C)[C@@H]5CC[C@]43C)C12. The molecule has 38 heavy (non-hydrogen) atoms. The summed E-state index contributed by atoms with van der Waals surface area (Å²) in [5.41, 5.74) is 2.30. The Morgan fingerprint density at radius 1 is 0.763 bits per heavy atom. The lowest BCUT2D eigenvalue weighted by Gasteiger charge is -2.73. The fraction of sp³-hybridized carbons (Fsp3) is 0.882. The summed E-state index contributed by atoms with van der Waals surface area (Å²) < 4.78 is 11.7. The van der Waals surface area contributed by atoms with Gasteiger partial charge >= 0.3 is 11.9 Å². The minimum absolute atomic E-state index is 0.00000109. The number of ether oxygens (including phenoxy) is 2. The van der Waals surface area contributed by atoms with Crippen LogP contribution in [0.5, 0.6) is 0 Å². The van der Waals surface area contributed by atoms with Gasteiger partial charge in [0.15, 0.2) is 0 Å². The van der Waals surface area contributed by atoms with Crippen LogP contribution in [0.25, 0.3) is 0 Å². The van der Waals surface area contributed by atoms with Crippen LogP contribution >= 0.6 is 0 Å². The molecule has 0 radical (unpaired) electrons. The molecule has 0 heterocycles. The minimum Gasteiger partial charge on any atom is -0.465 e. The molecule has 5 aliphatic rings. The number of allylic oxidation sites excluding steroid dienone is 1. The van der Waals surface area contributed by atoms with Crippen molar-refractivity contribution in [3.8, 4) is 0 Å². The lowest BCUT2D eigenvalue weighted by Crippen LogP contribution is -2.67. The highest BCUT2D eigenvalue weighted by Gasteiger charge is 2.71. The van der Waals surface area contributed by atoms with Crippen molar-refractivity contribution in [2.75, 3.05) is 6.61 Å². The van der Waals surface area contributed by atoms with E-state index in [2.05, 4.69) is 48.1 Å². The monoisotopic (exact) mass is 526 g/mol. The molecule has 5 aliphatic carbocycles. The van der Waals surface area contributed by atoms with Crippen molar-refractivity contribution in [3.05, 3.63) is 12.2 Å². The standard InChI is InChI=1S/C34H54O4/c1-21(2)24-12-17-34(20-37-22(3)35)19-18-32(8)25(29(24)34)10-11-27-31(7)15-14-28(38-23(4)36)30(5,6)26(31)13-16-33(27,32)9/h24-29H,1,10-20H2,2-9H3/t24?,25-,26+,27-,28?,29?,31+,32-,33-,34?/m1/s1. The van der Waals surface area contributed by atoms with Gasteiger partial charge in [0, 0.05) is 24.7 Å². The zero-order valence-corrected chi connectivity index (χ0v) is 25.6. The maximum atomic E-state index is 11.9. The molecule has 4 unspecified atom stereocenters. The second kappa shape index (κ2) is 9.10. The molecule has 0 amide bonds. The van der Waals surface area contributed by atoms with Crippen molar-refractivity contribution in [1.82, 2.24) is 0 Å². The van der Waals surface area contributed by atoms with Crippen molar-refractivity contribution in [3.63, 3.8) is 0 Å². The van der Waals surface area contributed by atoms with E-state index in [1.165, 1.54) is 56.9 Å². The topological polar surface area (TPSA) is 52.6 Å². The molecular formula is C34H54O4. The van der Waals surface area contributed by atoms with Gasteiger partial charge in [0.2, 0.25) is 0 Å². The number of rotatable bonds is 4. The zero-order valence-electron chi connectivity index (χ0n) is 25.6.